The number of hydrogen-bond acceptors (Lipinski definition) is 4. The van der Waals surface area contributed by atoms with Crippen LogP contribution in [0.4, 0.5) is 0 Å². The molecule has 21 heavy (non-hydrogen) atoms. The molecule has 0 bridgehead atoms. The molecule has 0 unspecified atom stereocenters. The van der Waals surface area contributed by atoms with Crippen molar-refractivity contribution in [1.29, 1.82) is 0 Å². The second-order valence-corrected chi connectivity index (χ2v) is 5.42. The highest BCUT2D eigenvalue weighted by Crippen LogP contribution is 2.15. The summed E-state index contributed by atoms with van der Waals surface area (Å²) in [5.74, 6) is -0.102. The minimum atomic E-state index is -0.102. The van der Waals surface area contributed by atoms with Crippen LogP contribution in [-0.4, -0.2) is 55.6 Å². The maximum Gasteiger partial charge on any atom is 0.252 e. The topological polar surface area (TPSA) is 61.8 Å². The molecule has 0 atom stereocenters. The van der Waals surface area contributed by atoms with Gasteiger partial charge in [0.15, 0.2) is 0 Å². The largest absolute Gasteiger partial charge is 0.349 e. The van der Waals surface area contributed by atoms with Crippen LogP contribution in [0.25, 0.3) is 0 Å². The minimum absolute atomic E-state index is 0.102. The van der Waals surface area contributed by atoms with Gasteiger partial charge in [-0.15, -0.1) is 4.91 Å². The van der Waals surface area contributed by atoms with Gasteiger partial charge in [-0.1, -0.05) is 0 Å². The van der Waals surface area contributed by atoms with Gasteiger partial charge in [0.1, 0.15) is 0 Å². The van der Waals surface area contributed by atoms with E-state index < -0.39 is 0 Å². The van der Waals surface area contributed by atoms with E-state index in [-0.39, 0.29) is 5.91 Å². The Labute approximate surface area is 126 Å². The minimum Gasteiger partial charge on any atom is -0.349 e. The van der Waals surface area contributed by atoms with Crippen LogP contribution >= 0.6 is 0 Å². The summed E-state index contributed by atoms with van der Waals surface area (Å²) in [5, 5.41) is 5.68. The molecule has 1 aliphatic rings. The van der Waals surface area contributed by atoms with Crippen LogP contribution in [0.5, 0.6) is 0 Å². The van der Waals surface area contributed by atoms with Crippen LogP contribution in [0.3, 0.4) is 0 Å². The van der Waals surface area contributed by atoms with Gasteiger partial charge in [0, 0.05) is 13.2 Å². The lowest BCUT2D eigenvalue weighted by Crippen LogP contribution is -2.48. The Hall–Kier alpha value is -1.95. The molecule has 0 fully saturated rings. The molecule has 1 aliphatic heterocycles. The van der Waals surface area contributed by atoms with E-state index in [2.05, 4.69) is 31.4 Å². The number of allylic oxidation sites excluding steroid dienone is 1. The zero-order valence-corrected chi connectivity index (χ0v) is 13.3. The third-order valence-corrected chi connectivity index (χ3v) is 4.08. The Morgan fingerprint density at radius 3 is 2.57 bits per heavy atom. The lowest BCUT2D eigenvalue weighted by molar-refractivity contribution is -0.904. The number of likely N-dealkylation sites (N-methyl/N-ethyl adjacent to an activating group) is 2. The van der Waals surface area contributed by atoms with Gasteiger partial charge < -0.3 is 14.7 Å². The third kappa shape index (κ3) is 4.82. The smallest absolute Gasteiger partial charge is 0.252 e. The number of carbonyl (C=O) groups is 1. The van der Waals surface area contributed by atoms with Crippen molar-refractivity contribution in [3.05, 3.63) is 40.7 Å². The average Bonchev–Trinajstić information content (AvgIpc) is 2.49. The Balaban J connectivity index is 2.55. The van der Waals surface area contributed by atoms with Gasteiger partial charge >= 0.3 is 0 Å². The Kier molecular flexibility index (Phi) is 6.30. The van der Waals surface area contributed by atoms with Crippen molar-refractivity contribution in [3.63, 3.8) is 0 Å². The molecule has 0 aromatic heterocycles. The fourth-order valence-corrected chi connectivity index (χ4v) is 2.02. The quantitative estimate of drug-likeness (QED) is 0.572. The first-order valence-corrected chi connectivity index (χ1v) is 7.23. The van der Waals surface area contributed by atoms with E-state index in [9.17, 15) is 9.70 Å². The predicted molar refractivity (Wildman–Crippen MR) is 84.0 cm³/mol. The van der Waals surface area contributed by atoms with Crippen molar-refractivity contribution in [2.45, 2.75) is 13.8 Å². The number of quaternary nitrogens is 1. The Morgan fingerprint density at radius 2 is 2.05 bits per heavy atom. The third-order valence-electron chi connectivity index (χ3n) is 4.08. The van der Waals surface area contributed by atoms with E-state index in [4.69, 9.17) is 0 Å². The highest BCUT2D eigenvalue weighted by molar-refractivity contribution is 5.96. The summed E-state index contributed by atoms with van der Waals surface area (Å²) in [6.07, 6.45) is 6.31. The Bertz CT molecular complexity index is 476. The summed E-state index contributed by atoms with van der Waals surface area (Å²) in [4.78, 5) is 24.0. The number of nitroso groups, excluding NO2 is 1. The number of carbonyl (C=O) groups excluding carboxylic acids is 1. The lowest BCUT2D eigenvalue weighted by Gasteiger charge is -2.32. The van der Waals surface area contributed by atoms with E-state index in [1.54, 1.807) is 30.3 Å². The molecule has 6 heteroatoms. The molecule has 0 aromatic rings. The van der Waals surface area contributed by atoms with E-state index in [0.29, 0.717) is 17.8 Å². The van der Waals surface area contributed by atoms with Crippen molar-refractivity contribution < 1.29 is 9.28 Å². The van der Waals surface area contributed by atoms with Crippen LogP contribution in [0.1, 0.15) is 13.8 Å². The fraction of sp³-hybridized carbons (Fsp3) is 0.533. The van der Waals surface area contributed by atoms with Crippen LogP contribution < -0.4 is 5.32 Å². The van der Waals surface area contributed by atoms with E-state index in [1.807, 2.05) is 0 Å². The number of rotatable bonds is 7. The van der Waals surface area contributed by atoms with Crippen LogP contribution in [-0.2, 0) is 4.79 Å². The predicted octanol–water partition coefficient (Wildman–Crippen LogP) is 1.58. The van der Waals surface area contributed by atoms with Gasteiger partial charge in [-0.25, -0.2) is 0 Å². The van der Waals surface area contributed by atoms with Gasteiger partial charge in [-0.2, -0.15) is 0 Å². The summed E-state index contributed by atoms with van der Waals surface area (Å²) in [5.41, 5.74) is 1.23. The molecule has 116 valence electrons. The molecule has 0 radical (unpaired) electrons. The summed E-state index contributed by atoms with van der Waals surface area (Å²) >= 11 is 0. The molecule has 6 nitrogen and oxygen atoms in total. The number of nitrogens with one attached hydrogen (secondary N) is 1. The van der Waals surface area contributed by atoms with Crippen LogP contribution in [0, 0.1) is 4.91 Å². The molecule has 0 saturated carbocycles. The Morgan fingerprint density at radius 1 is 1.38 bits per heavy atom. The van der Waals surface area contributed by atoms with Gasteiger partial charge in [-0.3, -0.25) is 4.79 Å². The first kappa shape index (κ1) is 17.1. The molecule has 0 spiro atoms. The number of nitrogens with zero attached hydrogens (tertiary/aromatic N) is 3. The van der Waals surface area contributed by atoms with Crippen molar-refractivity contribution >= 4 is 5.91 Å². The second-order valence-electron chi connectivity index (χ2n) is 5.42. The summed E-state index contributed by atoms with van der Waals surface area (Å²) < 4.78 is 0.937. The molecule has 1 N–H and O–H groups in total. The summed E-state index contributed by atoms with van der Waals surface area (Å²) in [6, 6.07) is 0. The van der Waals surface area contributed by atoms with Gasteiger partial charge in [0.05, 0.1) is 50.7 Å². The SMILES string of the molecule is CC[N+](C)(CC)CCNC(=O)C1=CN(C)/C(=C/N=O)C=C1. The van der Waals surface area contributed by atoms with E-state index in [0.717, 1.165) is 24.1 Å². The summed E-state index contributed by atoms with van der Waals surface area (Å²) in [7, 11) is 3.96. The molecule has 0 aliphatic carbocycles. The normalized spacial score (nSPS) is 16.9. The highest BCUT2D eigenvalue weighted by Gasteiger charge is 2.17. The maximum atomic E-state index is 12.1. The standard InChI is InChI=1S/C15H24N4O2/c1-5-19(4,6-2)10-9-16-15(20)13-7-8-14(11-17-21)18(3)12-13/h7-8,11-12H,5-6,9-10H2,1-4H3/p+1/b14-11+. The highest BCUT2D eigenvalue weighted by atomic mass is 16.2. The number of amides is 1. The fourth-order valence-electron chi connectivity index (χ4n) is 2.02. The molecular formula is C15H25N4O2+. The van der Waals surface area contributed by atoms with Crippen molar-refractivity contribution in [2.75, 3.05) is 40.3 Å². The zero-order chi connectivity index (χ0) is 15.9. The lowest BCUT2D eigenvalue weighted by atomic mass is 10.1. The first-order valence-electron chi connectivity index (χ1n) is 7.23. The molecule has 1 amide bonds. The molecule has 0 saturated heterocycles. The molecule has 1 heterocycles. The van der Waals surface area contributed by atoms with Gasteiger partial charge in [-0.05, 0) is 31.2 Å². The van der Waals surface area contributed by atoms with E-state index >= 15 is 0 Å². The first-order chi connectivity index (χ1) is 9.95. The van der Waals surface area contributed by atoms with Crippen LogP contribution in [0.15, 0.2) is 41.0 Å². The molecule has 1 rings (SSSR count). The van der Waals surface area contributed by atoms with Gasteiger partial charge in [0.25, 0.3) is 5.91 Å². The van der Waals surface area contributed by atoms with Crippen molar-refractivity contribution in [2.24, 2.45) is 5.18 Å². The number of hydrogen-bond donors (Lipinski definition) is 1. The maximum absolute atomic E-state index is 12.1. The van der Waals surface area contributed by atoms with Gasteiger partial charge in [0.2, 0.25) is 0 Å². The van der Waals surface area contributed by atoms with Crippen molar-refractivity contribution in [1.82, 2.24) is 10.2 Å². The van der Waals surface area contributed by atoms with Crippen molar-refractivity contribution in [3.8, 4) is 0 Å². The second kappa shape index (κ2) is 7.73. The zero-order valence-electron chi connectivity index (χ0n) is 13.3. The summed E-state index contributed by atoms with van der Waals surface area (Å²) in [6.45, 7) is 7.95. The van der Waals surface area contributed by atoms with Crippen LogP contribution in [0.2, 0.25) is 0 Å². The van der Waals surface area contributed by atoms with E-state index in [1.165, 1.54) is 6.20 Å². The molecular weight excluding hydrogens is 268 g/mol. The molecule has 0 aromatic carbocycles. The average molecular weight is 293 g/mol. The monoisotopic (exact) mass is 293 g/mol.